The molecule has 1 aromatic rings. The second kappa shape index (κ2) is 13.2. The highest BCUT2D eigenvalue weighted by Gasteiger charge is 2.20. The molecule has 0 aliphatic rings. The van der Waals surface area contributed by atoms with E-state index in [4.69, 9.17) is 11.5 Å². The molecule has 1 heterocycles. The topological polar surface area (TPSA) is 72.2 Å². The van der Waals surface area contributed by atoms with Crippen molar-refractivity contribution in [2.75, 3.05) is 0 Å². The molecule has 0 amide bonds. The smallest absolute Gasteiger partial charge is 0.305 e. The molecule has 128 valence electrons. The molecule has 1 atom stereocenters. The van der Waals surface area contributed by atoms with Gasteiger partial charge in [-0.1, -0.05) is 5.92 Å². The Balaban J connectivity index is 2.69. The van der Waals surface area contributed by atoms with E-state index in [1.807, 2.05) is 0 Å². The zero-order valence-electron chi connectivity index (χ0n) is 14.3. The van der Waals surface area contributed by atoms with Crippen LogP contribution in [0.1, 0.15) is 11.2 Å². The SMILES string of the molecule is C#CC#CC#CC#CC#CC#CC#CC#CC(CC(=O)O)C(=O)n1ccnc1. The van der Waals surface area contributed by atoms with Gasteiger partial charge in [0.2, 0.25) is 5.91 Å². The van der Waals surface area contributed by atoms with Crippen LogP contribution in [0.2, 0.25) is 0 Å². The Morgan fingerprint density at radius 2 is 1.39 bits per heavy atom. The normalized spacial score (nSPS) is 7.82. The molecule has 1 aromatic heterocycles. The van der Waals surface area contributed by atoms with Crippen molar-refractivity contribution in [2.45, 2.75) is 6.42 Å². The van der Waals surface area contributed by atoms with E-state index in [0.717, 1.165) is 4.57 Å². The Kier molecular flexibility index (Phi) is 9.81. The van der Waals surface area contributed by atoms with Crippen LogP contribution in [0.4, 0.5) is 0 Å². The van der Waals surface area contributed by atoms with Gasteiger partial charge in [-0.15, -0.1) is 6.42 Å². The lowest BCUT2D eigenvalue weighted by Crippen LogP contribution is -2.22. The summed E-state index contributed by atoms with van der Waals surface area (Å²) in [5, 5.41) is 8.89. The monoisotopic (exact) mass is 360 g/mol. The molecule has 28 heavy (non-hydrogen) atoms. The lowest BCUT2D eigenvalue weighted by atomic mass is 10.1. The molecule has 0 bridgehead atoms. The van der Waals surface area contributed by atoms with Crippen molar-refractivity contribution < 1.29 is 14.7 Å². The number of aromatic nitrogens is 2. The lowest BCUT2D eigenvalue weighted by molar-refractivity contribution is -0.137. The molecule has 0 aliphatic carbocycles. The van der Waals surface area contributed by atoms with Gasteiger partial charge in [0.1, 0.15) is 12.2 Å². The number of carboxylic acids is 1. The van der Waals surface area contributed by atoms with Gasteiger partial charge in [0.25, 0.3) is 0 Å². The molecular formula is C23H8N2O3. The Morgan fingerprint density at radius 1 is 0.893 bits per heavy atom. The molecular weight excluding hydrogens is 352 g/mol. The van der Waals surface area contributed by atoms with E-state index in [9.17, 15) is 9.59 Å². The van der Waals surface area contributed by atoms with Gasteiger partial charge in [-0.3, -0.25) is 14.2 Å². The van der Waals surface area contributed by atoms with Crippen LogP contribution in [0, 0.1) is 101 Å². The first-order valence-corrected chi connectivity index (χ1v) is 7.35. The standard InChI is InChI=1S/C23H8N2O3/c1-2-3-4-5-6-7-8-9-10-11-12-13-14-15-16-21(19-22(26)27)23(28)25-18-17-24-20-25/h1,17-18,20-21H,19H2,(H,26,27). The van der Waals surface area contributed by atoms with Gasteiger partial charge in [-0.2, -0.15) is 0 Å². The first-order chi connectivity index (χ1) is 13.6. The fourth-order valence-electron chi connectivity index (χ4n) is 1.45. The molecule has 0 radical (unpaired) electrons. The molecule has 5 nitrogen and oxygen atoms in total. The maximum absolute atomic E-state index is 12.1. The van der Waals surface area contributed by atoms with Gasteiger partial charge < -0.3 is 5.11 Å². The summed E-state index contributed by atoms with van der Waals surface area (Å²) >= 11 is 0. The van der Waals surface area contributed by atoms with E-state index < -0.39 is 24.2 Å². The Labute approximate surface area is 162 Å². The van der Waals surface area contributed by atoms with E-state index in [1.54, 1.807) is 0 Å². The molecule has 0 fully saturated rings. The van der Waals surface area contributed by atoms with Crippen LogP contribution in [-0.2, 0) is 4.79 Å². The number of aliphatic carboxylic acids is 1. The highest BCUT2D eigenvalue weighted by molar-refractivity contribution is 5.87. The van der Waals surface area contributed by atoms with Crippen LogP contribution >= 0.6 is 0 Å². The van der Waals surface area contributed by atoms with Crippen LogP contribution in [0.15, 0.2) is 18.7 Å². The van der Waals surface area contributed by atoms with Gasteiger partial charge >= 0.3 is 5.97 Å². The van der Waals surface area contributed by atoms with Crippen molar-refractivity contribution in [3.63, 3.8) is 0 Å². The van der Waals surface area contributed by atoms with Crippen LogP contribution < -0.4 is 0 Å². The maximum atomic E-state index is 12.1. The fraction of sp³-hybridized carbons (Fsp3) is 0.0870. The van der Waals surface area contributed by atoms with Crippen molar-refractivity contribution in [2.24, 2.45) is 5.92 Å². The van der Waals surface area contributed by atoms with E-state index in [0.29, 0.717) is 0 Å². The highest BCUT2D eigenvalue weighted by atomic mass is 16.4. The second-order valence-electron chi connectivity index (χ2n) is 4.37. The summed E-state index contributed by atoms with van der Waals surface area (Å²) in [7, 11) is 0. The summed E-state index contributed by atoms with van der Waals surface area (Å²) in [6.45, 7) is 0. The zero-order valence-corrected chi connectivity index (χ0v) is 14.3. The number of carbonyl (C=O) groups excluding carboxylic acids is 1. The van der Waals surface area contributed by atoms with Gasteiger partial charge in [-0.05, 0) is 82.9 Å². The molecule has 1 rings (SSSR count). The summed E-state index contributed by atoms with van der Waals surface area (Å²) in [5.74, 6) is 33.3. The average Bonchev–Trinajstić information content (AvgIpc) is 3.21. The van der Waals surface area contributed by atoms with Crippen molar-refractivity contribution in [3.8, 4) is 95.2 Å². The minimum absolute atomic E-state index is 0.446. The quantitative estimate of drug-likeness (QED) is 0.786. The van der Waals surface area contributed by atoms with Crippen molar-refractivity contribution in [1.29, 1.82) is 0 Å². The van der Waals surface area contributed by atoms with E-state index >= 15 is 0 Å². The largest absolute Gasteiger partial charge is 0.481 e. The number of hydrogen-bond donors (Lipinski definition) is 1. The summed E-state index contributed by atoms with van der Waals surface area (Å²) in [4.78, 5) is 26.7. The molecule has 0 aromatic carbocycles. The number of nitrogens with zero attached hydrogens (tertiary/aromatic N) is 2. The lowest BCUT2D eigenvalue weighted by Gasteiger charge is -2.06. The number of hydrogen-bond acceptors (Lipinski definition) is 3. The highest BCUT2D eigenvalue weighted by Crippen LogP contribution is 2.06. The van der Waals surface area contributed by atoms with Gasteiger partial charge in [0, 0.05) is 12.4 Å². The van der Waals surface area contributed by atoms with Crippen molar-refractivity contribution in [1.82, 2.24) is 9.55 Å². The molecule has 0 saturated heterocycles. The Bertz CT molecular complexity index is 1230. The third kappa shape index (κ3) is 9.21. The molecule has 1 N–H and O–H groups in total. The van der Waals surface area contributed by atoms with Crippen molar-refractivity contribution >= 4 is 11.9 Å². The first kappa shape index (κ1) is 20.9. The summed E-state index contributed by atoms with van der Waals surface area (Å²) in [5.41, 5.74) is 0. The third-order valence-electron chi connectivity index (χ3n) is 2.50. The van der Waals surface area contributed by atoms with E-state index in [2.05, 4.69) is 93.8 Å². The van der Waals surface area contributed by atoms with Gasteiger partial charge in [0.15, 0.2) is 0 Å². The molecule has 0 aliphatic heterocycles. The molecule has 0 saturated carbocycles. The Hall–Kier alpha value is -5.17. The van der Waals surface area contributed by atoms with Crippen LogP contribution in [-0.4, -0.2) is 26.5 Å². The predicted octanol–water partition coefficient (Wildman–Crippen LogP) is 0.271. The van der Waals surface area contributed by atoms with Crippen LogP contribution in [0.25, 0.3) is 0 Å². The number of carboxylic acid groups (broad SMARTS) is 1. The van der Waals surface area contributed by atoms with Crippen LogP contribution in [0.5, 0.6) is 0 Å². The summed E-state index contributed by atoms with van der Waals surface area (Å²) in [6, 6.07) is 0. The van der Waals surface area contributed by atoms with Gasteiger partial charge in [-0.25, -0.2) is 4.98 Å². The third-order valence-corrected chi connectivity index (χ3v) is 2.50. The van der Waals surface area contributed by atoms with E-state index in [-0.39, 0.29) is 0 Å². The second-order valence-corrected chi connectivity index (χ2v) is 4.37. The van der Waals surface area contributed by atoms with Gasteiger partial charge in [0.05, 0.1) is 6.42 Å². The number of terminal acetylenes is 1. The molecule has 5 heteroatoms. The van der Waals surface area contributed by atoms with E-state index in [1.165, 1.54) is 18.7 Å². The minimum atomic E-state index is -1.15. The van der Waals surface area contributed by atoms with Crippen molar-refractivity contribution in [3.05, 3.63) is 18.7 Å². The maximum Gasteiger partial charge on any atom is 0.305 e. The molecule has 0 spiro atoms. The zero-order chi connectivity index (χ0) is 20.5. The Morgan fingerprint density at radius 3 is 1.82 bits per heavy atom. The average molecular weight is 360 g/mol. The predicted molar refractivity (Wildman–Crippen MR) is 102 cm³/mol. The fourth-order valence-corrected chi connectivity index (χ4v) is 1.45. The number of rotatable bonds is 3. The minimum Gasteiger partial charge on any atom is -0.481 e. The summed E-state index contributed by atoms with van der Waals surface area (Å²) in [6.07, 6.45) is 8.55. The molecule has 1 unspecified atom stereocenters. The number of carbonyl (C=O) groups is 2. The van der Waals surface area contributed by atoms with Crippen LogP contribution in [0.3, 0.4) is 0 Å². The summed E-state index contributed by atoms with van der Waals surface area (Å²) < 4.78 is 1.16. The number of imidazole rings is 1. The first-order valence-electron chi connectivity index (χ1n) is 7.35.